The van der Waals surface area contributed by atoms with Crippen LogP contribution in [0.1, 0.15) is 32.3 Å². The number of rotatable bonds is 8. The summed E-state index contributed by atoms with van der Waals surface area (Å²) >= 11 is 0. The Hall–Kier alpha value is -1.35. The van der Waals surface area contributed by atoms with Crippen molar-refractivity contribution in [3.8, 4) is 0 Å². The molecule has 0 aliphatic rings. The quantitative estimate of drug-likeness (QED) is 0.692. The van der Waals surface area contributed by atoms with E-state index < -0.39 is 0 Å². The van der Waals surface area contributed by atoms with Gasteiger partial charge in [0.1, 0.15) is 0 Å². The third-order valence-electron chi connectivity index (χ3n) is 2.93. The molecular weight excluding hydrogens is 224 g/mol. The molecule has 0 aromatic heterocycles. The Morgan fingerprint density at radius 2 is 1.94 bits per heavy atom. The van der Waals surface area contributed by atoms with Crippen molar-refractivity contribution in [1.82, 2.24) is 10.6 Å². The number of hydrogen-bond donors (Lipinski definition) is 2. The van der Waals surface area contributed by atoms with Gasteiger partial charge in [0.2, 0.25) is 5.91 Å². The lowest BCUT2D eigenvalue weighted by Crippen LogP contribution is -2.42. The average Bonchev–Trinajstić information content (AvgIpc) is 2.39. The van der Waals surface area contributed by atoms with Crippen molar-refractivity contribution >= 4 is 5.91 Å². The molecule has 1 unspecified atom stereocenters. The van der Waals surface area contributed by atoms with Crippen molar-refractivity contribution < 1.29 is 4.79 Å². The minimum atomic E-state index is -0.0957. The van der Waals surface area contributed by atoms with Gasteiger partial charge in [-0.15, -0.1) is 0 Å². The molecule has 1 aromatic carbocycles. The lowest BCUT2D eigenvalue weighted by molar-refractivity contribution is -0.122. The van der Waals surface area contributed by atoms with Crippen LogP contribution in [0.3, 0.4) is 0 Å². The van der Waals surface area contributed by atoms with Crippen LogP contribution in [0.5, 0.6) is 0 Å². The van der Waals surface area contributed by atoms with Crippen LogP contribution in [-0.2, 0) is 11.2 Å². The fraction of sp³-hybridized carbons (Fsp3) is 0.533. The van der Waals surface area contributed by atoms with Crippen LogP contribution < -0.4 is 10.6 Å². The highest BCUT2D eigenvalue weighted by molar-refractivity contribution is 5.81. The second kappa shape index (κ2) is 8.70. The molecule has 3 heteroatoms. The fourth-order valence-electron chi connectivity index (χ4n) is 1.84. The van der Waals surface area contributed by atoms with Crippen LogP contribution in [0.4, 0.5) is 0 Å². The largest absolute Gasteiger partial charge is 0.355 e. The van der Waals surface area contributed by atoms with Gasteiger partial charge in [-0.1, -0.05) is 30.3 Å². The summed E-state index contributed by atoms with van der Waals surface area (Å²) in [5.41, 5.74) is 1.38. The van der Waals surface area contributed by atoms with Gasteiger partial charge in [0.25, 0.3) is 0 Å². The third kappa shape index (κ3) is 5.82. The van der Waals surface area contributed by atoms with E-state index in [2.05, 4.69) is 34.9 Å². The van der Waals surface area contributed by atoms with Crippen molar-refractivity contribution in [1.29, 1.82) is 0 Å². The summed E-state index contributed by atoms with van der Waals surface area (Å²) in [4.78, 5) is 11.5. The van der Waals surface area contributed by atoms with E-state index in [0.717, 1.165) is 25.8 Å². The van der Waals surface area contributed by atoms with E-state index in [1.165, 1.54) is 5.56 Å². The summed E-state index contributed by atoms with van der Waals surface area (Å²) in [6.45, 7) is 5.43. The van der Waals surface area contributed by atoms with Crippen LogP contribution in [0.15, 0.2) is 30.3 Å². The molecule has 18 heavy (non-hydrogen) atoms. The second-order valence-corrected chi connectivity index (χ2v) is 4.51. The van der Waals surface area contributed by atoms with Crippen molar-refractivity contribution in [2.45, 2.75) is 39.2 Å². The molecule has 0 heterocycles. The number of likely N-dealkylation sites (N-methyl/N-ethyl adjacent to an activating group) is 1. The van der Waals surface area contributed by atoms with E-state index >= 15 is 0 Å². The highest BCUT2D eigenvalue weighted by atomic mass is 16.2. The molecule has 0 bridgehead atoms. The molecule has 0 saturated carbocycles. The van der Waals surface area contributed by atoms with Gasteiger partial charge in [0.05, 0.1) is 6.04 Å². The van der Waals surface area contributed by atoms with Gasteiger partial charge >= 0.3 is 0 Å². The molecule has 0 spiro atoms. The number of amides is 1. The van der Waals surface area contributed by atoms with Gasteiger partial charge < -0.3 is 10.6 Å². The smallest absolute Gasteiger partial charge is 0.236 e. The zero-order chi connectivity index (χ0) is 13.2. The lowest BCUT2D eigenvalue weighted by atomic mass is 10.1. The molecule has 3 nitrogen and oxygen atoms in total. The zero-order valence-electron chi connectivity index (χ0n) is 11.4. The van der Waals surface area contributed by atoms with Crippen LogP contribution in [-0.4, -0.2) is 25.0 Å². The number of unbranched alkanes of at least 4 members (excludes halogenated alkanes) is 1. The predicted octanol–water partition coefficient (Wildman–Crippen LogP) is 2.12. The van der Waals surface area contributed by atoms with Crippen molar-refractivity contribution in [3.05, 3.63) is 35.9 Å². The van der Waals surface area contributed by atoms with E-state index in [1.54, 1.807) is 0 Å². The summed E-state index contributed by atoms with van der Waals surface area (Å²) in [5.74, 6) is 0.0839. The number of carbonyl (C=O) groups is 1. The first-order chi connectivity index (χ1) is 8.74. The monoisotopic (exact) mass is 248 g/mol. The molecular formula is C15H24N2O. The highest BCUT2D eigenvalue weighted by Crippen LogP contribution is 2.03. The molecule has 1 aromatic rings. The summed E-state index contributed by atoms with van der Waals surface area (Å²) in [6, 6.07) is 10.4. The Morgan fingerprint density at radius 3 is 2.61 bits per heavy atom. The van der Waals surface area contributed by atoms with Crippen LogP contribution in [0.25, 0.3) is 0 Å². The van der Waals surface area contributed by atoms with Gasteiger partial charge in [0.15, 0.2) is 0 Å². The van der Waals surface area contributed by atoms with Gasteiger partial charge in [-0.25, -0.2) is 0 Å². The molecule has 2 N–H and O–H groups in total. The Bertz CT molecular complexity index is 338. The number of carbonyl (C=O) groups excluding carboxylic acids is 1. The molecule has 1 amide bonds. The molecule has 1 atom stereocenters. The van der Waals surface area contributed by atoms with Crippen LogP contribution >= 0.6 is 0 Å². The standard InChI is InChI=1S/C15H24N2O/c1-3-16-15(18)13(2)17-12-8-7-11-14-9-5-4-6-10-14/h4-6,9-10,13,17H,3,7-8,11-12H2,1-2H3,(H,16,18). The third-order valence-corrected chi connectivity index (χ3v) is 2.93. The molecule has 0 aliphatic heterocycles. The van der Waals surface area contributed by atoms with Gasteiger partial charge in [-0.05, 0) is 45.2 Å². The summed E-state index contributed by atoms with van der Waals surface area (Å²) in [5, 5.41) is 6.05. The highest BCUT2D eigenvalue weighted by Gasteiger charge is 2.09. The first-order valence-electron chi connectivity index (χ1n) is 6.79. The maximum Gasteiger partial charge on any atom is 0.236 e. The number of benzene rings is 1. The van der Waals surface area contributed by atoms with Gasteiger partial charge in [-0.2, -0.15) is 0 Å². The van der Waals surface area contributed by atoms with Crippen LogP contribution in [0, 0.1) is 0 Å². The minimum Gasteiger partial charge on any atom is -0.355 e. The van der Waals surface area contributed by atoms with E-state index in [-0.39, 0.29) is 11.9 Å². The first-order valence-corrected chi connectivity index (χ1v) is 6.79. The SMILES string of the molecule is CCNC(=O)C(C)NCCCCc1ccccc1. The Labute approximate surface area is 110 Å². The molecule has 0 fully saturated rings. The number of hydrogen-bond acceptors (Lipinski definition) is 2. The van der Waals surface area contributed by atoms with Crippen molar-refractivity contribution in [2.24, 2.45) is 0 Å². The normalized spacial score (nSPS) is 12.1. The Morgan fingerprint density at radius 1 is 1.22 bits per heavy atom. The van der Waals surface area contributed by atoms with E-state index in [1.807, 2.05) is 19.9 Å². The first kappa shape index (κ1) is 14.7. The summed E-state index contributed by atoms with van der Waals surface area (Å²) in [6.07, 6.45) is 3.36. The predicted molar refractivity (Wildman–Crippen MR) is 75.5 cm³/mol. The topological polar surface area (TPSA) is 41.1 Å². The molecule has 100 valence electrons. The van der Waals surface area contributed by atoms with Crippen LogP contribution in [0.2, 0.25) is 0 Å². The summed E-state index contributed by atoms with van der Waals surface area (Å²) in [7, 11) is 0. The number of nitrogens with one attached hydrogen (secondary N) is 2. The minimum absolute atomic E-state index is 0.0839. The average molecular weight is 248 g/mol. The molecule has 1 rings (SSSR count). The maximum atomic E-state index is 11.5. The lowest BCUT2D eigenvalue weighted by Gasteiger charge is -2.12. The number of aryl methyl sites for hydroxylation is 1. The van der Waals surface area contributed by atoms with E-state index in [0.29, 0.717) is 6.54 Å². The fourth-order valence-corrected chi connectivity index (χ4v) is 1.84. The maximum absolute atomic E-state index is 11.5. The summed E-state index contributed by atoms with van der Waals surface area (Å²) < 4.78 is 0. The second-order valence-electron chi connectivity index (χ2n) is 4.51. The van der Waals surface area contributed by atoms with Crippen molar-refractivity contribution in [3.63, 3.8) is 0 Å². The Balaban J connectivity index is 2.07. The van der Waals surface area contributed by atoms with Gasteiger partial charge in [0, 0.05) is 6.54 Å². The van der Waals surface area contributed by atoms with Crippen molar-refractivity contribution in [2.75, 3.05) is 13.1 Å². The van der Waals surface area contributed by atoms with E-state index in [4.69, 9.17) is 0 Å². The molecule has 0 saturated heterocycles. The van der Waals surface area contributed by atoms with E-state index in [9.17, 15) is 4.79 Å². The Kier molecular flexibility index (Phi) is 7.11. The molecule has 0 aliphatic carbocycles. The zero-order valence-corrected chi connectivity index (χ0v) is 11.4. The van der Waals surface area contributed by atoms with Gasteiger partial charge in [-0.3, -0.25) is 4.79 Å². The molecule has 0 radical (unpaired) electrons.